The van der Waals surface area contributed by atoms with E-state index in [9.17, 15) is 9.59 Å². The third-order valence-corrected chi connectivity index (χ3v) is 5.24. The van der Waals surface area contributed by atoms with Gasteiger partial charge in [-0.3, -0.25) is 9.59 Å². The van der Waals surface area contributed by atoms with Crippen LogP contribution in [0.15, 0.2) is 0 Å². The molecule has 3 fully saturated rings. The second kappa shape index (κ2) is 7.18. The zero-order valence-corrected chi connectivity index (χ0v) is 14.4. The first-order valence-electron chi connectivity index (χ1n) is 8.42. The van der Waals surface area contributed by atoms with E-state index in [2.05, 4.69) is 24.1 Å². The van der Waals surface area contributed by atoms with Crippen molar-refractivity contribution in [3.05, 3.63) is 0 Å². The molecular weight excluding hydrogens is 302 g/mol. The lowest BCUT2D eigenvalue weighted by Crippen LogP contribution is -2.55. The minimum absolute atomic E-state index is 0. The monoisotopic (exact) mass is 329 g/mol. The Morgan fingerprint density at radius 2 is 1.95 bits per heavy atom. The summed E-state index contributed by atoms with van der Waals surface area (Å²) in [5.74, 6) is 0.522. The minimum Gasteiger partial charge on any atom is -0.334 e. The Bertz CT molecular complexity index is 416. The van der Waals surface area contributed by atoms with Crippen LogP contribution in [0.3, 0.4) is 0 Å². The molecule has 3 rings (SSSR count). The highest BCUT2D eigenvalue weighted by molar-refractivity contribution is 5.89. The molecule has 0 aromatic heterocycles. The summed E-state index contributed by atoms with van der Waals surface area (Å²) >= 11 is 0. The molecule has 22 heavy (non-hydrogen) atoms. The van der Waals surface area contributed by atoms with Crippen molar-refractivity contribution in [1.82, 2.24) is 15.1 Å². The van der Waals surface area contributed by atoms with Gasteiger partial charge in [-0.1, -0.05) is 13.8 Å². The van der Waals surface area contributed by atoms with Crippen molar-refractivity contribution in [3.8, 4) is 0 Å². The van der Waals surface area contributed by atoms with Crippen LogP contribution in [-0.4, -0.2) is 59.4 Å². The van der Waals surface area contributed by atoms with E-state index in [0.717, 1.165) is 45.3 Å². The fourth-order valence-electron chi connectivity index (χ4n) is 4.24. The fourth-order valence-corrected chi connectivity index (χ4v) is 4.24. The van der Waals surface area contributed by atoms with Gasteiger partial charge in [-0.25, -0.2) is 0 Å². The zero-order valence-electron chi connectivity index (χ0n) is 13.6. The first-order chi connectivity index (χ1) is 10.1. The van der Waals surface area contributed by atoms with Gasteiger partial charge < -0.3 is 15.1 Å². The van der Waals surface area contributed by atoms with Gasteiger partial charge in [0.05, 0.1) is 0 Å². The standard InChI is InChI=1S/C16H27N3O2.ClH/c1-11(2)15(18-9-3-4-14(18)20)16(21)19-12-5-6-13(19)10-17-8-7-12;/h11-13,15,17H,3-10H2,1-2H3;1H. The molecular formula is C16H28ClN3O2. The summed E-state index contributed by atoms with van der Waals surface area (Å²) in [7, 11) is 0. The fraction of sp³-hybridized carbons (Fsp3) is 0.875. The highest BCUT2D eigenvalue weighted by atomic mass is 35.5. The van der Waals surface area contributed by atoms with E-state index < -0.39 is 0 Å². The molecule has 2 bridgehead atoms. The number of rotatable bonds is 3. The second-order valence-corrected chi connectivity index (χ2v) is 7.00. The van der Waals surface area contributed by atoms with Gasteiger partial charge in [0.15, 0.2) is 0 Å². The molecule has 2 amide bonds. The van der Waals surface area contributed by atoms with Gasteiger partial charge in [-0.15, -0.1) is 12.4 Å². The molecule has 0 saturated carbocycles. The molecule has 3 unspecified atom stereocenters. The number of amides is 2. The lowest BCUT2D eigenvalue weighted by Gasteiger charge is -2.37. The van der Waals surface area contributed by atoms with Crippen molar-refractivity contribution < 1.29 is 9.59 Å². The van der Waals surface area contributed by atoms with E-state index in [-0.39, 0.29) is 36.2 Å². The van der Waals surface area contributed by atoms with Gasteiger partial charge in [0.1, 0.15) is 6.04 Å². The van der Waals surface area contributed by atoms with E-state index in [4.69, 9.17) is 0 Å². The maximum Gasteiger partial charge on any atom is 0.246 e. The Labute approximate surface area is 139 Å². The first-order valence-corrected chi connectivity index (χ1v) is 8.42. The third kappa shape index (κ3) is 3.11. The van der Waals surface area contributed by atoms with Crippen molar-refractivity contribution in [2.45, 2.75) is 64.1 Å². The molecule has 6 heteroatoms. The van der Waals surface area contributed by atoms with E-state index >= 15 is 0 Å². The number of likely N-dealkylation sites (tertiary alicyclic amines) is 1. The van der Waals surface area contributed by atoms with Crippen molar-refractivity contribution in [1.29, 1.82) is 0 Å². The summed E-state index contributed by atoms with van der Waals surface area (Å²) in [6.07, 6.45) is 4.76. The summed E-state index contributed by atoms with van der Waals surface area (Å²) in [5.41, 5.74) is 0. The molecule has 0 radical (unpaired) electrons. The zero-order chi connectivity index (χ0) is 15.0. The average molecular weight is 330 g/mol. The van der Waals surface area contributed by atoms with Crippen LogP contribution in [0.5, 0.6) is 0 Å². The largest absolute Gasteiger partial charge is 0.334 e. The molecule has 126 valence electrons. The summed E-state index contributed by atoms with van der Waals surface area (Å²) in [6, 6.07) is 0.432. The Morgan fingerprint density at radius 1 is 1.23 bits per heavy atom. The van der Waals surface area contributed by atoms with Crippen LogP contribution in [0.2, 0.25) is 0 Å². The third-order valence-electron chi connectivity index (χ3n) is 5.24. The highest BCUT2D eigenvalue weighted by Gasteiger charge is 2.44. The smallest absolute Gasteiger partial charge is 0.246 e. The van der Waals surface area contributed by atoms with E-state index in [1.54, 1.807) is 0 Å². The van der Waals surface area contributed by atoms with Crippen molar-refractivity contribution in [2.24, 2.45) is 5.92 Å². The molecule has 0 aromatic carbocycles. The molecule has 0 aromatic rings. The molecule has 3 aliphatic rings. The van der Waals surface area contributed by atoms with Gasteiger partial charge in [0, 0.05) is 31.6 Å². The Kier molecular flexibility index (Phi) is 5.72. The minimum atomic E-state index is -0.263. The van der Waals surface area contributed by atoms with E-state index in [1.807, 2.05) is 4.90 Å². The highest BCUT2D eigenvalue weighted by Crippen LogP contribution is 2.31. The maximum atomic E-state index is 13.2. The number of fused-ring (bicyclic) bond motifs is 2. The van der Waals surface area contributed by atoms with Gasteiger partial charge in [-0.2, -0.15) is 0 Å². The van der Waals surface area contributed by atoms with Crippen LogP contribution in [0.1, 0.15) is 46.0 Å². The molecule has 3 heterocycles. The summed E-state index contributed by atoms with van der Waals surface area (Å²) in [4.78, 5) is 29.2. The lowest BCUT2D eigenvalue weighted by atomic mass is 10.00. The van der Waals surface area contributed by atoms with Crippen LogP contribution in [0.4, 0.5) is 0 Å². The summed E-state index contributed by atoms with van der Waals surface area (Å²) in [5, 5.41) is 3.44. The normalized spacial score (nSPS) is 29.5. The number of carbonyl (C=O) groups is 2. The first kappa shape index (κ1) is 17.5. The summed E-state index contributed by atoms with van der Waals surface area (Å²) in [6.45, 7) is 6.77. The molecule has 1 N–H and O–H groups in total. The van der Waals surface area contributed by atoms with Gasteiger partial charge in [0.2, 0.25) is 11.8 Å². The predicted molar refractivity (Wildman–Crippen MR) is 88.0 cm³/mol. The second-order valence-electron chi connectivity index (χ2n) is 7.00. The Balaban J connectivity index is 0.00000176. The molecule has 3 aliphatic heterocycles. The number of nitrogens with one attached hydrogen (secondary N) is 1. The number of halogens is 1. The number of hydrogen-bond acceptors (Lipinski definition) is 3. The number of hydrogen-bond donors (Lipinski definition) is 1. The van der Waals surface area contributed by atoms with E-state index in [0.29, 0.717) is 18.5 Å². The van der Waals surface area contributed by atoms with Crippen molar-refractivity contribution >= 4 is 24.2 Å². The average Bonchev–Trinajstić information content (AvgIpc) is 2.92. The molecule has 0 aliphatic carbocycles. The van der Waals surface area contributed by atoms with Gasteiger partial charge in [0.25, 0.3) is 0 Å². The van der Waals surface area contributed by atoms with Crippen molar-refractivity contribution in [2.75, 3.05) is 19.6 Å². The molecule has 3 saturated heterocycles. The quantitative estimate of drug-likeness (QED) is 0.851. The maximum absolute atomic E-state index is 13.2. The Hall–Kier alpha value is -0.810. The van der Waals surface area contributed by atoms with Crippen LogP contribution in [0.25, 0.3) is 0 Å². The number of carbonyl (C=O) groups excluding carboxylic acids is 2. The molecule has 3 atom stereocenters. The topological polar surface area (TPSA) is 52.7 Å². The Morgan fingerprint density at radius 3 is 2.59 bits per heavy atom. The van der Waals surface area contributed by atoms with Crippen LogP contribution < -0.4 is 5.32 Å². The summed E-state index contributed by atoms with van der Waals surface area (Å²) < 4.78 is 0. The predicted octanol–water partition coefficient (Wildman–Crippen LogP) is 1.41. The lowest BCUT2D eigenvalue weighted by molar-refractivity contribution is -0.147. The SMILES string of the molecule is CC(C)C(C(=O)N1C2CCNCC1CC2)N1CCCC1=O.Cl. The van der Waals surface area contributed by atoms with Crippen LogP contribution in [0, 0.1) is 5.92 Å². The molecule has 5 nitrogen and oxygen atoms in total. The van der Waals surface area contributed by atoms with Crippen LogP contribution >= 0.6 is 12.4 Å². The van der Waals surface area contributed by atoms with Gasteiger partial charge >= 0.3 is 0 Å². The van der Waals surface area contributed by atoms with Crippen LogP contribution in [-0.2, 0) is 9.59 Å². The van der Waals surface area contributed by atoms with Crippen molar-refractivity contribution in [3.63, 3.8) is 0 Å². The van der Waals surface area contributed by atoms with E-state index in [1.165, 1.54) is 0 Å². The number of nitrogens with zero attached hydrogens (tertiary/aromatic N) is 2. The van der Waals surface area contributed by atoms with Gasteiger partial charge in [-0.05, 0) is 38.1 Å². The molecule has 0 spiro atoms.